The Bertz CT molecular complexity index is 642. The number of nitriles is 1. The highest BCUT2D eigenvalue weighted by atomic mass is 79.9. The minimum Gasteiger partial charge on any atom is -0.335 e. The molecule has 1 atom stereocenters. The van der Waals surface area contributed by atoms with Gasteiger partial charge in [-0.15, -0.1) is 0 Å². The molecule has 1 N–H and O–H groups in total. The van der Waals surface area contributed by atoms with Gasteiger partial charge in [0.1, 0.15) is 6.04 Å². The summed E-state index contributed by atoms with van der Waals surface area (Å²) in [5.41, 5.74) is 1.15. The topological polar surface area (TPSA) is 70.7 Å². The van der Waals surface area contributed by atoms with E-state index in [4.69, 9.17) is 5.26 Å². The third-order valence-electron chi connectivity index (χ3n) is 2.78. The summed E-state index contributed by atoms with van der Waals surface area (Å²) in [7, 11) is 0. The highest BCUT2D eigenvalue weighted by Gasteiger charge is 2.14. The van der Waals surface area contributed by atoms with Crippen LogP contribution >= 0.6 is 15.9 Å². The van der Waals surface area contributed by atoms with Gasteiger partial charge in [-0.05, 0) is 36.8 Å². The van der Waals surface area contributed by atoms with Crippen LogP contribution in [0.25, 0.3) is 5.69 Å². The molecule has 1 aromatic carbocycles. The van der Waals surface area contributed by atoms with Gasteiger partial charge >= 0.3 is 0 Å². The van der Waals surface area contributed by atoms with E-state index in [-0.39, 0.29) is 5.91 Å². The van der Waals surface area contributed by atoms with Crippen molar-refractivity contribution < 1.29 is 4.79 Å². The minimum absolute atomic E-state index is 0.293. The molecule has 0 radical (unpaired) electrons. The van der Waals surface area contributed by atoms with Crippen molar-refractivity contribution >= 4 is 21.8 Å². The molecule has 0 unspecified atom stereocenters. The Morgan fingerprint density at radius 2 is 2.15 bits per heavy atom. The lowest BCUT2D eigenvalue weighted by atomic mass is 10.2. The van der Waals surface area contributed by atoms with Crippen LogP contribution in [0.2, 0.25) is 0 Å². The van der Waals surface area contributed by atoms with Crippen LogP contribution in [0.15, 0.2) is 41.0 Å². The second kappa shape index (κ2) is 6.35. The second-order valence-corrected chi connectivity index (χ2v) is 5.10. The molecule has 1 amide bonds. The molecule has 1 heterocycles. The van der Waals surface area contributed by atoms with Crippen molar-refractivity contribution in [2.24, 2.45) is 0 Å². The van der Waals surface area contributed by atoms with Gasteiger partial charge in [-0.3, -0.25) is 4.79 Å². The lowest BCUT2D eigenvalue weighted by Crippen LogP contribution is -2.33. The van der Waals surface area contributed by atoms with E-state index in [1.54, 1.807) is 16.9 Å². The van der Waals surface area contributed by atoms with Gasteiger partial charge in [0.25, 0.3) is 5.91 Å². The normalized spacial score (nSPS) is 11.7. The lowest BCUT2D eigenvalue weighted by Gasteiger charge is -2.07. The highest BCUT2D eigenvalue weighted by Crippen LogP contribution is 2.13. The van der Waals surface area contributed by atoms with Crippen LogP contribution in [0.4, 0.5) is 0 Å². The zero-order valence-corrected chi connectivity index (χ0v) is 12.5. The van der Waals surface area contributed by atoms with Crippen LogP contribution in [0, 0.1) is 11.3 Å². The van der Waals surface area contributed by atoms with Crippen LogP contribution in [-0.2, 0) is 0 Å². The van der Waals surface area contributed by atoms with Gasteiger partial charge in [0.15, 0.2) is 5.69 Å². The number of aromatic nitrogens is 2. The van der Waals surface area contributed by atoms with Crippen molar-refractivity contribution in [3.8, 4) is 11.8 Å². The fourth-order valence-corrected chi connectivity index (χ4v) is 1.90. The molecule has 2 rings (SSSR count). The van der Waals surface area contributed by atoms with E-state index in [2.05, 4.69) is 26.3 Å². The van der Waals surface area contributed by atoms with Crippen molar-refractivity contribution in [2.45, 2.75) is 19.4 Å². The maximum Gasteiger partial charge on any atom is 0.272 e. The molecular weight excluding hydrogens is 320 g/mol. The van der Waals surface area contributed by atoms with Crippen LogP contribution in [0.3, 0.4) is 0 Å². The van der Waals surface area contributed by atoms with Crippen molar-refractivity contribution in [1.29, 1.82) is 5.26 Å². The number of carbonyl (C=O) groups is 1. The van der Waals surface area contributed by atoms with E-state index in [9.17, 15) is 4.79 Å². The first-order valence-electron chi connectivity index (χ1n) is 6.16. The SMILES string of the molecule is CC[C@@H](C#N)NC(=O)c1ccn(-c2ccc(Br)cc2)n1. The second-order valence-electron chi connectivity index (χ2n) is 4.19. The van der Waals surface area contributed by atoms with Crippen molar-refractivity contribution in [3.05, 3.63) is 46.7 Å². The summed E-state index contributed by atoms with van der Waals surface area (Å²) in [5, 5.41) is 15.7. The third-order valence-corrected chi connectivity index (χ3v) is 3.31. The first kappa shape index (κ1) is 14.3. The van der Waals surface area contributed by atoms with Crippen LogP contribution in [0.5, 0.6) is 0 Å². The molecule has 0 aliphatic rings. The number of halogens is 1. The molecule has 20 heavy (non-hydrogen) atoms. The van der Waals surface area contributed by atoms with Gasteiger partial charge in [0.05, 0.1) is 11.8 Å². The summed E-state index contributed by atoms with van der Waals surface area (Å²) >= 11 is 3.36. The molecule has 6 heteroatoms. The van der Waals surface area contributed by atoms with Crippen LogP contribution in [-0.4, -0.2) is 21.7 Å². The molecule has 0 aliphatic carbocycles. The summed E-state index contributed by atoms with van der Waals surface area (Å²) in [6.07, 6.45) is 2.28. The smallest absolute Gasteiger partial charge is 0.272 e. The number of hydrogen-bond donors (Lipinski definition) is 1. The van der Waals surface area contributed by atoms with E-state index in [0.29, 0.717) is 12.1 Å². The number of hydrogen-bond acceptors (Lipinski definition) is 3. The zero-order valence-electron chi connectivity index (χ0n) is 10.9. The molecule has 0 saturated heterocycles. The number of nitrogens with one attached hydrogen (secondary N) is 1. The van der Waals surface area contributed by atoms with E-state index in [1.165, 1.54) is 0 Å². The molecule has 102 valence electrons. The number of nitrogens with zero attached hydrogens (tertiary/aromatic N) is 3. The van der Waals surface area contributed by atoms with Gasteiger partial charge in [-0.1, -0.05) is 22.9 Å². The Hall–Kier alpha value is -2.13. The van der Waals surface area contributed by atoms with Gasteiger partial charge < -0.3 is 5.32 Å². The number of benzene rings is 1. The predicted octanol–water partition coefficient (Wildman–Crippen LogP) is 2.67. The van der Waals surface area contributed by atoms with Gasteiger partial charge in [0.2, 0.25) is 0 Å². The van der Waals surface area contributed by atoms with E-state index in [0.717, 1.165) is 10.2 Å². The fraction of sp³-hybridized carbons (Fsp3) is 0.214. The Morgan fingerprint density at radius 1 is 1.45 bits per heavy atom. The van der Waals surface area contributed by atoms with Crippen molar-refractivity contribution in [2.75, 3.05) is 0 Å². The van der Waals surface area contributed by atoms with Crippen LogP contribution in [0.1, 0.15) is 23.8 Å². The predicted molar refractivity (Wildman–Crippen MR) is 78.4 cm³/mol. The molecular formula is C14H13BrN4O. The highest BCUT2D eigenvalue weighted by molar-refractivity contribution is 9.10. The van der Waals surface area contributed by atoms with Crippen LogP contribution < -0.4 is 5.32 Å². The standard InChI is InChI=1S/C14H13BrN4O/c1-2-11(9-16)17-14(20)13-7-8-19(18-13)12-5-3-10(15)4-6-12/h3-8,11H,2H2,1H3,(H,17,20)/t11-/m0/s1. The maximum atomic E-state index is 11.9. The molecule has 0 spiro atoms. The summed E-state index contributed by atoms with van der Waals surface area (Å²) in [4.78, 5) is 11.9. The zero-order chi connectivity index (χ0) is 14.5. The van der Waals surface area contributed by atoms with Gasteiger partial charge in [-0.25, -0.2) is 4.68 Å². The summed E-state index contributed by atoms with van der Waals surface area (Å²) in [6.45, 7) is 1.84. The number of rotatable bonds is 4. The Labute approximate surface area is 125 Å². The molecule has 0 aliphatic heterocycles. The molecule has 1 aromatic heterocycles. The monoisotopic (exact) mass is 332 g/mol. The Kier molecular flexibility index (Phi) is 4.53. The van der Waals surface area contributed by atoms with Crippen molar-refractivity contribution in [3.63, 3.8) is 0 Å². The third kappa shape index (κ3) is 3.25. The first-order chi connectivity index (χ1) is 9.63. The van der Waals surface area contributed by atoms with E-state index in [1.807, 2.05) is 37.3 Å². The maximum absolute atomic E-state index is 11.9. The number of carbonyl (C=O) groups excluding carboxylic acids is 1. The van der Waals surface area contributed by atoms with E-state index >= 15 is 0 Å². The number of amides is 1. The van der Waals surface area contributed by atoms with E-state index < -0.39 is 6.04 Å². The molecule has 2 aromatic rings. The largest absolute Gasteiger partial charge is 0.335 e. The van der Waals surface area contributed by atoms with Gasteiger partial charge in [0, 0.05) is 10.7 Å². The fourth-order valence-electron chi connectivity index (χ4n) is 1.64. The first-order valence-corrected chi connectivity index (χ1v) is 6.95. The lowest BCUT2D eigenvalue weighted by molar-refractivity contribution is 0.0939. The average Bonchev–Trinajstić information content (AvgIpc) is 2.95. The molecule has 0 saturated carbocycles. The summed E-state index contributed by atoms with van der Waals surface area (Å²) < 4.78 is 2.60. The minimum atomic E-state index is -0.486. The Morgan fingerprint density at radius 3 is 2.75 bits per heavy atom. The summed E-state index contributed by atoms with van der Waals surface area (Å²) in [5.74, 6) is -0.339. The Balaban J connectivity index is 2.15. The quantitative estimate of drug-likeness (QED) is 0.935. The van der Waals surface area contributed by atoms with Gasteiger partial charge in [-0.2, -0.15) is 10.4 Å². The van der Waals surface area contributed by atoms with Crippen molar-refractivity contribution in [1.82, 2.24) is 15.1 Å². The molecule has 0 bridgehead atoms. The molecule has 5 nitrogen and oxygen atoms in total. The summed E-state index contributed by atoms with van der Waals surface area (Å²) in [6, 6.07) is 10.8. The average molecular weight is 333 g/mol. The molecule has 0 fully saturated rings.